The molecule has 0 aromatic rings. The molecule has 2 heterocycles. The lowest BCUT2D eigenvalue weighted by atomic mass is 9.90. The second-order valence-corrected chi connectivity index (χ2v) is 12.3. The average Bonchev–Trinajstić information content (AvgIpc) is 3.12. The summed E-state index contributed by atoms with van der Waals surface area (Å²) < 4.78 is 0. The molecule has 1 unspecified atom stereocenters. The molecule has 2 aliphatic heterocycles. The number of carbonyl (C=O) groups is 3. The highest BCUT2D eigenvalue weighted by Crippen LogP contribution is 2.65. The molecular formula is C24H40N6O3S. The molecule has 0 aromatic heterocycles. The number of piperidine rings is 1. The molecule has 3 aliphatic rings. The number of hydrogen-bond donors (Lipinski definition) is 5. The Hall–Kier alpha value is -1.96. The number of fused-ring (bicyclic) bond motifs is 1. The summed E-state index contributed by atoms with van der Waals surface area (Å²) in [6.45, 7) is 12.3. The Balaban J connectivity index is 1.67. The van der Waals surface area contributed by atoms with E-state index in [4.69, 9.17) is 5.73 Å². The van der Waals surface area contributed by atoms with Crippen LogP contribution >= 0.6 is 11.4 Å². The van der Waals surface area contributed by atoms with Crippen LogP contribution in [0, 0.1) is 39.9 Å². The van der Waals surface area contributed by atoms with Crippen LogP contribution in [0.4, 0.5) is 0 Å². The minimum atomic E-state index is -0.751. The summed E-state index contributed by atoms with van der Waals surface area (Å²) in [6.07, 6.45) is 1.29. The van der Waals surface area contributed by atoms with Gasteiger partial charge in [-0.1, -0.05) is 34.6 Å². The highest BCUT2D eigenvalue weighted by atomic mass is 32.1. The predicted octanol–water partition coefficient (Wildman–Crippen LogP) is 0.541. The molecular weight excluding hydrogens is 452 g/mol. The molecule has 0 spiro atoms. The number of nitrogens with two attached hydrogens (primary N) is 1. The highest BCUT2D eigenvalue weighted by Gasteiger charge is 2.69. The van der Waals surface area contributed by atoms with Gasteiger partial charge in [0.1, 0.15) is 12.1 Å². The summed E-state index contributed by atoms with van der Waals surface area (Å²) in [5.41, 5.74) is 5.70. The molecule has 0 bridgehead atoms. The zero-order chi connectivity index (χ0) is 25.3. The third-order valence-electron chi connectivity index (χ3n) is 7.62. The van der Waals surface area contributed by atoms with Gasteiger partial charge in [0.15, 0.2) is 0 Å². The molecule has 190 valence electrons. The minimum absolute atomic E-state index is 0.00433. The molecule has 5 atom stereocenters. The van der Waals surface area contributed by atoms with Crippen LogP contribution in [0.25, 0.3) is 0 Å². The van der Waals surface area contributed by atoms with Crippen LogP contribution in [0.15, 0.2) is 0 Å². The molecule has 2 saturated heterocycles. The summed E-state index contributed by atoms with van der Waals surface area (Å²) in [5, 5.41) is 19.0. The fourth-order valence-electron chi connectivity index (χ4n) is 5.50. The van der Waals surface area contributed by atoms with Crippen LogP contribution in [0.2, 0.25) is 0 Å². The maximum atomic E-state index is 13.4. The summed E-state index contributed by atoms with van der Waals surface area (Å²) in [6, 6.07) is 0.809. The summed E-state index contributed by atoms with van der Waals surface area (Å²) >= 11 is 0.960. The number of thiol groups is 1. The van der Waals surface area contributed by atoms with Gasteiger partial charge in [0.05, 0.1) is 11.2 Å². The summed E-state index contributed by atoms with van der Waals surface area (Å²) in [4.78, 5) is 40.4. The van der Waals surface area contributed by atoms with E-state index in [1.807, 2.05) is 20.8 Å². The molecule has 9 nitrogen and oxygen atoms in total. The smallest absolute Gasteiger partial charge is 0.244 e. The van der Waals surface area contributed by atoms with Gasteiger partial charge < -0.3 is 15.5 Å². The normalized spacial score (nSPS) is 28.9. The first-order valence-electron chi connectivity index (χ1n) is 12.2. The van der Waals surface area contributed by atoms with E-state index in [1.54, 1.807) is 4.90 Å². The molecule has 3 fully saturated rings. The summed E-state index contributed by atoms with van der Waals surface area (Å²) in [5.74, 6) is 0.468. The van der Waals surface area contributed by atoms with Gasteiger partial charge in [0, 0.05) is 25.4 Å². The third kappa shape index (κ3) is 5.81. The van der Waals surface area contributed by atoms with Crippen molar-refractivity contribution in [3.05, 3.63) is 0 Å². The van der Waals surface area contributed by atoms with Crippen LogP contribution in [-0.2, 0) is 14.4 Å². The molecule has 34 heavy (non-hydrogen) atoms. The van der Waals surface area contributed by atoms with E-state index >= 15 is 0 Å². The van der Waals surface area contributed by atoms with E-state index in [9.17, 15) is 19.6 Å². The van der Waals surface area contributed by atoms with Crippen molar-refractivity contribution in [2.24, 2.45) is 34.3 Å². The predicted molar refractivity (Wildman–Crippen MR) is 135 cm³/mol. The van der Waals surface area contributed by atoms with Gasteiger partial charge >= 0.3 is 0 Å². The topological polar surface area (TPSA) is 140 Å². The lowest BCUT2D eigenvalue weighted by Crippen LogP contribution is -2.52. The van der Waals surface area contributed by atoms with Crippen molar-refractivity contribution in [1.29, 1.82) is 5.26 Å². The second kappa shape index (κ2) is 10.3. The zero-order valence-corrected chi connectivity index (χ0v) is 21.9. The molecule has 0 aromatic carbocycles. The monoisotopic (exact) mass is 492 g/mol. The number of amides is 3. The van der Waals surface area contributed by atoms with Crippen LogP contribution in [0.1, 0.15) is 53.9 Å². The van der Waals surface area contributed by atoms with Gasteiger partial charge in [0.2, 0.25) is 17.7 Å². The largest absolute Gasteiger partial charge is 0.356 e. The molecule has 10 heteroatoms. The molecule has 1 aliphatic carbocycles. The first kappa shape index (κ1) is 26.6. The number of nitrogens with one attached hydrogen (secondary N) is 3. The van der Waals surface area contributed by atoms with Gasteiger partial charge in [0.25, 0.3) is 0 Å². The van der Waals surface area contributed by atoms with Crippen molar-refractivity contribution in [3.63, 3.8) is 0 Å². The minimum Gasteiger partial charge on any atom is -0.356 e. The van der Waals surface area contributed by atoms with Crippen LogP contribution in [0.3, 0.4) is 0 Å². The van der Waals surface area contributed by atoms with Crippen molar-refractivity contribution in [2.45, 2.75) is 66.0 Å². The zero-order valence-electron chi connectivity index (χ0n) is 21.0. The van der Waals surface area contributed by atoms with Gasteiger partial charge in [-0.3, -0.25) is 25.4 Å². The molecule has 5 N–H and O–H groups in total. The van der Waals surface area contributed by atoms with E-state index in [0.29, 0.717) is 37.5 Å². The molecule has 3 rings (SSSR count). The first-order chi connectivity index (χ1) is 15.9. The third-order valence-corrected chi connectivity index (χ3v) is 9.13. The molecule has 0 radical (unpaired) electrons. The van der Waals surface area contributed by atoms with Gasteiger partial charge in [-0.2, -0.15) is 16.6 Å². The lowest BCUT2D eigenvalue weighted by Gasteiger charge is -2.33. The van der Waals surface area contributed by atoms with E-state index in [2.05, 4.69) is 35.9 Å². The maximum Gasteiger partial charge on any atom is 0.244 e. The Morgan fingerprint density at radius 1 is 1.41 bits per heavy atom. The number of nitriles is 1. The quantitative estimate of drug-likeness (QED) is 0.235. The second-order valence-electron chi connectivity index (χ2n) is 11.2. The van der Waals surface area contributed by atoms with Crippen molar-refractivity contribution in [3.8, 4) is 6.07 Å². The van der Waals surface area contributed by atoms with Crippen molar-refractivity contribution in [1.82, 2.24) is 20.9 Å². The fraction of sp³-hybridized carbons (Fsp3) is 0.792. The number of likely N-dealkylation sites (tertiary alicyclic amines) is 1. The average molecular weight is 493 g/mol. The Morgan fingerprint density at radius 2 is 2.12 bits per heavy atom. The van der Waals surface area contributed by atoms with E-state index < -0.39 is 12.1 Å². The Kier molecular flexibility index (Phi) is 8.10. The summed E-state index contributed by atoms with van der Waals surface area (Å²) in [7, 11) is 0. The standard InChI is InChI=1S/C24H40N6O3S/c1-6-27-22(26)34-13-23(2,3)10-17(31)30-12-16-18(24(16,4)5)19(30)21(33)29-15(11-25)9-14-7-8-28-20(14)32/h14-16,18-19,27,34H,6-10,12-13,26H2,1-5H3,(H,28,32)(H,29,33)/t14-,15-,16-,18?,19-/m0/s1. The number of hydrogen-bond acceptors (Lipinski definition) is 4. The van der Waals surface area contributed by atoms with Crippen molar-refractivity contribution >= 4 is 34.2 Å². The van der Waals surface area contributed by atoms with Crippen molar-refractivity contribution < 1.29 is 14.4 Å². The first-order valence-corrected chi connectivity index (χ1v) is 13.3. The number of rotatable bonds is 9. The Morgan fingerprint density at radius 3 is 2.71 bits per heavy atom. The molecule has 3 amide bonds. The SMILES string of the molecule is CCN/C(N)=[SH]/CC(C)(C)CC(=O)N1C[C@H]2C([C@H]1C(=O)N[C@H](C#N)C[C@@H]1CCNC1=O)C2(C)C. The van der Waals surface area contributed by atoms with Crippen LogP contribution in [-0.4, -0.2) is 65.2 Å². The van der Waals surface area contributed by atoms with E-state index in [0.717, 1.165) is 23.6 Å². The van der Waals surface area contributed by atoms with Crippen LogP contribution in [0.5, 0.6) is 0 Å². The van der Waals surface area contributed by atoms with Gasteiger partial charge in [-0.05, 0) is 47.8 Å². The lowest BCUT2D eigenvalue weighted by molar-refractivity contribution is -0.141. The number of nitrogens with zero attached hydrogens (tertiary/aromatic N) is 2. The van der Waals surface area contributed by atoms with E-state index in [-0.39, 0.29) is 46.3 Å². The highest BCUT2D eigenvalue weighted by molar-refractivity contribution is 7.98. The number of carbonyl (C=O) groups excluding carboxylic acids is 3. The fourth-order valence-corrected chi connectivity index (χ4v) is 6.48. The van der Waals surface area contributed by atoms with Crippen LogP contribution < -0.4 is 21.7 Å². The van der Waals surface area contributed by atoms with Crippen molar-refractivity contribution in [2.75, 3.05) is 25.4 Å². The van der Waals surface area contributed by atoms with E-state index in [1.165, 1.54) is 0 Å². The Bertz CT molecular complexity index is 896. The molecule has 1 saturated carbocycles. The van der Waals surface area contributed by atoms with Gasteiger partial charge in [-0.15, -0.1) is 0 Å². The van der Waals surface area contributed by atoms with Gasteiger partial charge in [-0.25, -0.2) is 0 Å². The Labute approximate surface area is 206 Å². The maximum absolute atomic E-state index is 13.4.